The standard InChI is InChI=1S/C12H12N4OS/c1-7-3-4-10(17-2)8(5-7)9-6-18-12-14-11(13)15-16(9)12/h3-6H,1-2H3,(H2,13,15). The number of aryl methyl sites for hydroxylation is 1. The molecule has 6 heteroatoms. The molecule has 2 aromatic heterocycles. The monoisotopic (exact) mass is 260 g/mol. The summed E-state index contributed by atoms with van der Waals surface area (Å²) in [6.45, 7) is 2.04. The first-order chi connectivity index (χ1) is 8.69. The number of nitrogens with two attached hydrogens (primary N) is 1. The Bertz CT molecular complexity index is 716. The number of anilines is 1. The van der Waals surface area contributed by atoms with Crippen LogP contribution in [-0.4, -0.2) is 21.7 Å². The van der Waals surface area contributed by atoms with E-state index in [4.69, 9.17) is 10.5 Å². The third-order valence-electron chi connectivity index (χ3n) is 2.73. The van der Waals surface area contributed by atoms with E-state index in [2.05, 4.69) is 16.1 Å². The lowest BCUT2D eigenvalue weighted by Crippen LogP contribution is -1.94. The van der Waals surface area contributed by atoms with E-state index in [-0.39, 0.29) is 5.95 Å². The third kappa shape index (κ3) is 1.62. The molecular weight excluding hydrogens is 248 g/mol. The van der Waals surface area contributed by atoms with Crippen molar-refractivity contribution in [2.45, 2.75) is 6.92 Å². The molecule has 3 aromatic rings. The van der Waals surface area contributed by atoms with Gasteiger partial charge in [-0.25, -0.2) is 4.52 Å². The van der Waals surface area contributed by atoms with Crippen LogP contribution in [0.1, 0.15) is 5.56 Å². The number of hydrogen-bond donors (Lipinski definition) is 1. The highest BCUT2D eigenvalue weighted by Gasteiger charge is 2.14. The van der Waals surface area contributed by atoms with Gasteiger partial charge < -0.3 is 10.5 Å². The molecule has 0 unspecified atom stereocenters. The first kappa shape index (κ1) is 11.0. The van der Waals surface area contributed by atoms with Crippen LogP contribution in [-0.2, 0) is 0 Å². The lowest BCUT2D eigenvalue weighted by Gasteiger charge is -2.08. The van der Waals surface area contributed by atoms with Gasteiger partial charge in [-0.15, -0.1) is 16.4 Å². The van der Waals surface area contributed by atoms with Gasteiger partial charge in [0.1, 0.15) is 5.75 Å². The van der Waals surface area contributed by atoms with Crippen molar-refractivity contribution in [3.05, 3.63) is 29.1 Å². The Labute approximate surface area is 108 Å². The van der Waals surface area contributed by atoms with E-state index in [9.17, 15) is 0 Å². The summed E-state index contributed by atoms with van der Waals surface area (Å²) in [5, 5.41) is 6.20. The Morgan fingerprint density at radius 2 is 2.22 bits per heavy atom. The topological polar surface area (TPSA) is 65.4 Å². The van der Waals surface area contributed by atoms with Crippen LogP contribution < -0.4 is 10.5 Å². The van der Waals surface area contributed by atoms with Crippen molar-refractivity contribution in [1.82, 2.24) is 14.6 Å². The van der Waals surface area contributed by atoms with Crippen LogP contribution >= 0.6 is 11.3 Å². The number of fused-ring (bicyclic) bond motifs is 1. The predicted molar refractivity (Wildman–Crippen MR) is 72.0 cm³/mol. The van der Waals surface area contributed by atoms with Gasteiger partial charge in [-0.3, -0.25) is 0 Å². The summed E-state index contributed by atoms with van der Waals surface area (Å²) >= 11 is 1.51. The second kappa shape index (κ2) is 3.99. The Morgan fingerprint density at radius 3 is 3.00 bits per heavy atom. The van der Waals surface area contributed by atoms with Gasteiger partial charge in [-0.2, -0.15) is 4.98 Å². The summed E-state index contributed by atoms with van der Waals surface area (Å²) in [4.78, 5) is 4.93. The molecule has 0 aliphatic heterocycles. The largest absolute Gasteiger partial charge is 0.496 e. The van der Waals surface area contributed by atoms with Gasteiger partial charge in [0.05, 0.1) is 12.8 Å². The van der Waals surface area contributed by atoms with Crippen molar-refractivity contribution >= 4 is 22.2 Å². The van der Waals surface area contributed by atoms with Crippen molar-refractivity contribution in [3.8, 4) is 17.0 Å². The smallest absolute Gasteiger partial charge is 0.241 e. The summed E-state index contributed by atoms with van der Waals surface area (Å²) in [5.41, 5.74) is 8.72. The van der Waals surface area contributed by atoms with Crippen molar-refractivity contribution in [2.75, 3.05) is 12.8 Å². The normalized spacial score (nSPS) is 11.0. The molecule has 2 heterocycles. The second-order valence-electron chi connectivity index (χ2n) is 3.99. The fraction of sp³-hybridized carbons (Fsp3) is 0.167. The van der Waals surface area contributed by atoms with Crippen molar-refractivity contribution in [1.29, 1.82) is 0 Å². The molecule has 0 radical (unpaired) electrons. The number of aromatic nitrogens is 3. The van der Waals surface area contributed by atoms with Crippen molar-refractivity contribution in [2.24, 2.45) is 0 Å². The second-order valence-corrected chi connectivity index (χ2v) is 4.83. The van der Waals surface area contributed by atoms with Crippen molar-refractivity contribution in [3.63, 3.8) is 0 Å². The molecule has 18 heavy (non-hydrogen) atoms. The highest BCUT2D eigenvalue weighted by Crippen LogP contribution is 2.33. The quantitative estimate of drug-likeness (QED) is 0.768. The number of rotatable bonds is 2. The maximum atomic E-state index is 5.61. The molecule has 5 nitrogen and oxygen atoms in total. The number of ether oxygens (including phenoxy) is 1. The van der Waals surface area contributed by atoms with Gasteiger partial charge in [0.25, 0.3) is 0 Å². The summed E-state index contributed by atoms with van der Waals surface area (Å²) in [7, 11) is 1.66. The average molecular weight is 260 g/mol. The summed E-state index contributed by atoms with van der Waals surface area (Å²) in [6, 6.07) is 6.04. The van der Waals surface area contributed by atoms with Crippen LogP contribution in [0.2, 0.25) is 0 Å². The van der Waals surface area contributed by atoms with Gasteiger partial charge >= 0.3 is 0 Å². The highest BCUT2D eigenvalue weighted by atomic mass is 32.1. The van der Waals surface area contributed by atoms with Gasteiger partial charge in [-0.05, 0) is 19.1 Å². The molecule has 1 aromatic carbocycles. The van der Waals surface area contributed by atoms with Gasteiger partial charge in [0.2, 0.25) is 10.9 Å². The van der Waals surface area contributed by atoms with Crippen LogP contribution in [0.15, 0.2) is 23.6 Å². The number of thiazole rings is 1. The Hall–Kier alpha value is -2.08. The molecule has 2 N–H and O–H groups in total. The number of nitrogens with zero attached hydrogens (tertiary/aromatic N) is 3. The first-order valence-corrected chi connectivity index (χ1v) is 6.32. The Kier molecular flexibility index (Phi) is 2.45. The predicted octanol–water partition coefficient (Wildman–Crippen LogP) is 2.36. The fourth-order valence-corrected chi connectivity index (χ4v) is 2.73. The summed E-state index contributed by atoms with van der Waals surface area (Å²) in [5.74, 6) is 1.10. The maximum Gasteiger partial charge on any atom is 0.241 e. The molecule has 92 valence electrons. The summed E-state index contributed by atoms with van der Waals surface area (Å²) < 4.78 is 7.14. The maximum absolute atomic E-state index is 5.61. The minimum Gasteiger partial charge on any atom is -0.496 e. The molecule has 0 fully saturated rings. The van der Waals surface area contributed by atoms with Gasteiger partial charge in [0, 0.05) is 10.9 Å². The highest BCUT2D eigenvalue weighted by molar-refractivity contribution is 7.15. The van der Waals surface area contributed by atoms with E-state index < -0.39 is 0 Å². The summed E-state index contributed by atoms with van der Waals surface area (Å²) in [6.07, 6.45) is 0. The van der Waals surface area contributed by atoms with E-state index in [0.717, 1.165) is 22.0 Å². The zero-order chi connectivity index (χ0) is 12.7. The van der Waals surface area contributed by atoms with Crippen LogP contribution in [0.5, 0.6) is 5.75 Å². The molecule has 0 spiro atoms. The molecule has 3 rings (SSSR count). The van der Waals surface area contributed by atoms with Crippen LogP contribution in [0, 0.1) is 6.92 Å². The molecule has 0 aliphatic rings. The lowest BCUT2D eigenvalue weighted by atomic mass is 10.1. The van der Waals surface area contributed by atoms with E-state index >= 15 is 0 Å². The number of nitrogen functional groups attached to an aromatic ring is 1. The zero-order valence-corrected chi connectivity index (χ0v) is 10.9. The fourth-order valence-electron chi connectivity index (χ4n) is 1.90. The molecule has 0 atom stereocenters. The van der Waals surface area contributed by atoms with E-state index in [1.54, 1.807) is 11.6 Å². The molecule has 0 amide bonds. The average Bonchev–Trinajstić information content (AvgIpc) is 2.87. The molecule has 0 saturated heterocycles. The van der Waals surface area contributed by atoms with E-state index in [1.165, 1.54) is 16.9 Å². The zero-order valence-electron chi connectivity index (χ0n) is 10.0. The van der Waals surface area contributed by atoms with E-state index in [1.807, 2.05) is 24.4 Å². The Balaban J connectivity index is 2.27. The molecular formula is C12H12N4OS. The Morgan fingerprint density at radius 1 is 1.39 bits per heavy atom. The third-order valence-corrected chi connectivity index (χ3v) is 3.55. The molecule has 0 aliphatic carbocycles. The van der Waals surface area contributed by atoms with Crippen molar-refractivity contribution < 1.29 is 4.74 Å². The SMILES string of the molecule is COc1ccc(C)cc1-c1csc2nc(N)nn12. The van der Waals surface area contributed by atoms with Gasteiger partial charge in [0.15, 0.2) is 0 Å². The molecule has 0 bridgehead atoms. The van der Waals surface area contributed by atoms with E-state index in [0.29, 0.717) is 0 Å². The molecule has 0 saturated carbocycles. The number of methoxy groups -OCH3 is 1. The van der Waals surface area contributed by atoms with Crippen LogP contribution in [0.4, 0.5) is 5.95 Å². The lowest BCUT2D eigenvalue weighted by molar-refractivity contribution is 0.416. The number of hydrogen-bond acceptors (Lipinski definition) is 5. The minimum absolute atomic E-state index is 0.287. The van der Waals surface area contributed by atoms with Crippen LogP contribution in [0.3, 0.4) is 0 Å². The van der Waals surface area contributed by atoms with Gasteiger partial charge in [-0.1, -0.05) is 11.6 Å². The first-order valence-electron chi connectivity index (χ1n) is 5.44. The number of benzene rings is 1. The van der Waals surface area contributed by atoms with Crippen LogP contribution in [0.25, 0.3) is 16.2 Å². The minimum atomic E-state index is 0.287.